The lowest BCUT2D eigenvalue weighted by Crippen LogP contribution is -1.93. The third kappa shape index (κ3) is 1.46. The summed E-state index contributed by atoms with van der Waals surface area (Å²) in [6.07, 6.45) is 7.91. The summed E-state index contributed by atoms with van der Waals surface area (Å²) in [4.78, 5) is 0. The summed E-state index contributed by atoms with van der Waals surface area (Å²) in [6, 6.07) is 0. The third-order valence-corrected chi connectivity index (χ3v) is 2.51. The van der Waals surface area contributed by atoms with E-state index in [1.165, 1.54) is 16.8 Å². The molecule has 14 heavy (non-hydrogen) atoms. The Labute approximate surface area is 86.1 Å². The Morgan fingerprint density at radius 1 is 1.14 bits per heavy atom. The molecule has 0 saturated carbocycles. The van der Waals surface area contributed by atoms with Crippen LogP contribution in [-0.4, -0.2) is 4.57 Å². The van der Waals surface area contributed by atoms with E-state index >= 15 is 0 Å². The van der Waals surface area contributed by atoms with Crippen molar-refractivity contribution in [3.8, 4) is 0 Å². The molecule has 0 radical (unpaired) electrons. The molecule has 1 heterocycles. The molecule has 0 aliphatic rings. The van der Waals surface area contributed by atoms with Gasteiger partial charge in [0.1, 0.15) is 0 Å². The van der Waals surface area contributed by atoms with E-state index < -0.39 is 0 Å². The van der Waals surface area contributed by atoms with Crippen molar-refractivity contribution in [1.82, 2.24) is 4.57 Å². The quantitative estimate of drug-likeness (QED) is 0.680. The Bertz CT molecular complexity index is 360. The highest BCUT2D eigenvalue weighted by Gasteiger charge is 2.10. The Morgan fingerprint density at radius 2 is 1.79 bits per heavy atom. The smallest absolute Gasteiger partial charge is 0.0479 e. The summed E-state index contributed by atoms with van der Waals surface area (Å²) in [5.74, 6) is 0. The summed E-state index contributed by atoms with van der Waals surface area (Å²) in [5.41, 5.74) is 4.79. The van der Waals surface area contributed by atoms with Gasteiger partial charge in [-0.15, -0.1) is 0 Å². The minimum atomic E-state index is 1.13. The molecular weight excluding hydrogens is 170 g/mol. The zero-order valence-electron chi connectivity index (χ0n) is 9.17. The van der Waals surface area contributed by atoms with Crippen LogP contribution in [0.5, 0.6) is 0 Å². The zero-order chi connectivity index (χ0) is 10.7. The molecule has 0 fully saturated rings. The van der Waals surface area contributed by atoms with Gasteiger partial charge in [0.05, 0.1) is 0 Å². The van der Waals surface area contributed by atoms with E-state index in [9.17, 15) is 0 Å². The average Bonchev–Trinajstić information content (AvgIpc) is 2.41. The first kappa shape index (κ1) is 10.6. The lowest BCUT2D eigenvalue weighted by atomic mass is 10.1. The van der Waals surface area contributed by atoms with Crippen LogP contribution in [0.2, 0.25) is 0 Å². The highest BCUT2D eigenvalue weighted by atomic mass is 15.0. The SMILES string of the molecule is C=Cc1c(C)c(/C=C\C)n(C)c1C=C. The number of aromatic nitrogens is 1. The van der Waals surface area contributed by atoms with Gasteiger partial charge in [0.15, 0.2) is 0 Å². The Balaban J connectivity index is 3.53. The van der Waals surface area contributed by atoms with E-state index in [2.05, 4.69) is 30.7 Å². The van der Waals surface area contributed by atoms with Crippen molar-refractivity contribution in [3.05, 3.63) is 41.7 Å². The van der Waals surface area contributed by atoms with E-state index in [1.807, 2.05) is 32.2 Å². The number of hydrogen-bond acceptors (Lipinski definition) is 0. The topological polar surface area (TPSA) is 4.93 Å². The molecule has 0 unspecified atom stereocenters. The second-order valence-electron chi connectivity index (χ2n) is 3.28. The molecule has 1 aromatic rings. The molecule has 0 amide bonds. The Morgan fingerprint density at radius 3 is 2.14 bits per heavy atom. The number of hydrogen-bond donors (Lipinski definition) is 0. The van der Waals surface area contributed by atoms with Gasteiger partial charge >= 0.3 is 0 Å². The van der Waals surface area contributed by atoms with Crippen molar-refractivity contribution in [2.45, 2.75) is 13.8 Å². The molecule has 0 saturated heterocycles. The predicted octanol–water partition coefficient (Wildman–Crippen LogP) is 3.65. The first-order valence-corrected chi connectivity index (χ1v) is 4.74. The largest absolute Gasteiger partial charge is 0.344 e. The molecule has 0 atom stereocenters. The zero-order valence-corrected chi connectivity index (χ0v) is 9.17. The fraction of sp³-hybridized carbons (Fsp3) is 0.231. The molecule has 74 valence electrons. The molecule has 0 N–H and O–H groups in total. The number of allylic oxidation sites excluding steroid dienone is 1. The Kier molecular flexibility index (Phi) is 3.13. The minimum Gasteiger partial charge on any atom is -0.344 e. The fourth-order valence-electron chi connectivity index (χ4n) is 1.79. The van der Waals surface area contributed by atoms with E-state index in [1.54, 1.807) is 0 Å². The predicted molar refractivity (Wildman–Crippen MR) is 65.0 cm³/mol. The maximum Gasteiger partial charge on any atom is 0.0479 e. The highest BCUT2D eigenvalue weighted by Crippen LogP contribution is 2.24. The van der Waals surface area contributed by atoms with Crippen LogP contribution in [0.15, 0.2) is 19.2 Å². The maximum atomic E-state index is 3.83. The number of nitrogens with zero attached hydrogens (tertiary/aromatic N) is 1. The van der Waals surface area contributed by atoms with Crippen LogP contribution in [0, 0.1) is 6.92 Å². The highest BCUT2D eigenvalue weighted by molar-refractivity contribution is 5.70. The average molecular weight is 187 g/mol. The van der Waals surface area contributed by atoms with Gasteiger partial charge in [-0.1, -0.05) is 25.3 Å². The second-order valence-corrected chi connectivity index (χ2v) is 3.28. The van der Waals surface area contributed by atoms with Crippen molar-refractivity contribution < 1.29 is 0 Å². The lowest BCUT2D eigenvalue weighted by molar-refractivity contribution is 0.898. The third-order valence-electron chi connectivity index (χ3n) is 2.51. The van der Waals surface area contributed by atoms with Crippen molar-refractivity contribution in [1.29, 1.82) is 0 Å². The van der Waals surface area contributed by atoms with Crippen LogP contribution in [0.4, 0.5) is 0 Å². The van der Waals surface area contributed by atoms with E-state index in [4.69, 9.17) is 0 Å². The van der Waals surface area contributed by atoms with Gasteiger partial charge in [-0.25, -0.2) is 0 Å². The van der Waals surface area contributed by atoms with Crippen molar-refractivity contribution in [3.63, 3.8) is 0 Å². The molecule has 0 spiro atoms. The van der Waals surface area contributed by atoms with Gasteiger partial charge in [-0.05, 0) is 31.6 Å². The molecular formula is C13H17N. The van der Waals surface area contributed by atoms with Crippen LogP contribution in [0.1, 0.15) is 29.4 Å². The minimum absolute atomic E-state index is 1.13. The summed E-state index contributed by atoms with van der Waals surface area (Å²) in [6.45, 7) is 11.8. The Hall–Kier alpha value is -1.50. The maximum absolute atomic E-state index is 3.83. The van der Waals surface area contributed by atoms with Crippen LogP contribution in [0.25, 0.3) is 18.2 Å². The van der Waals surface area contributed by atoms with Crippen LogP contribution in [0.3, 0.4) is 0 Å². The van der Waals surface area contributed by atoms with E-state index in [0.717, 1.165) is 5.69 Å². The summed E-state index contributed by atoms with van der Waals surface area (Å²) < 4.78 is 2.14. The lowest BCUT2D eigenvalue weighted by Gasteiger charge is -2.00. The van der Waals surface area contributed by atoms with Crippen molar-refractivity contribution in [2.24, 2.45) is 7.05 Å². The molecule has 1 rings (SSSR count). The molecule has 0 aromatic carbocycles. The molecule has 1 aromatic heterocycles. The van der Waals surface area contributed by atoms with Gasteiger partial charge in [-0.3, -0.25) is 0 Å². The molecule has 0 aliphatic heterocycles. The van der Waals surface area contributed by atoms with Gasteiger partial charge in [0, 0.05) is 24.0 Å². The molecule has 1 nitrogen and oxygen atoms in total. The molecule has 0 aliphatic carbocycles. The van der Waals surface area contributed by atoms with Crippen LogP contribution < -0.4 is 0 Å². The normalized spacial score (nSPS) is 10.8. The van der Waals surface area contributed by atoms with Crippen molar-refractivity contribution >= 4 is 18.2 Å². The van der Waals surface area contributed by atoms with Crippen LogP contribution >= 0.6 is 0 Å². The number of rotatable bonds is 3. The first-order valence-electron chi connectivity index (χ1n) is 4.74. The van der Waals surface area contributed by atoms with Gasteiger partial charge in [0.2, 0.25) is 0 Å². The summed E-state index contributed by atoms with van der Waals surface area (Å²) >= 11 is 0. The van der Waals surface area contributed by atoms with E-state index in [0.29, 0.717) is 0 Å². The summed E-state index contributed by atoms with van der Waals surface area (Å²) in [7, 11) is 2.05. The standard InChI is InChI=1S/C13H17N/c1-6-9-13-10(4)11(7-2)12(8-3)14(13)5/h6-9H,2-3H2,1,4-5H3/b9-6-. The van der Waals surface area contributed by atoms with Gasteiger partial charge in [0.25, 0.3) is 0 Å². The second kappa shape index (κ2) is 4.14. The van der Waals surface area contributed by atoms with Crippen molar-refractivity contribution in [2.75, 3.05) is 0 Å². The molecule has 1 heteroatoms. The van der Waals surface area contributed by atoms with Gasteiger partial charge in [-0.2, -0.15) is 0 Å². The first-order chi connectivity index (χ1) is 6.67. The van der Waals surface area contributed by atoms with Gasteiger partial charge < -0.3 is 4.57 Å². The fourth-order valence-corrected chi connectivity index (χ4v) is 1.79. The van der Waals surface area contributed by atoms with E-state index in [-0.39, 0.29) is 0 Å². The monoisotopic (exact) mass is 187 g/mol. The summed E-state index contributed by atoms with van der Waals surface area (Å²) in [5, 5.41) is 0. The molecule has 0 bridgehead atoms. The van der Waals surface area contributed by atoms with Crippen LogP contribution in [-0.2, 0) is 7.05 Å².